The van der Waals surface area contributed by atoms with E-state index in [0.29, 0.717) is 11.4 Å². The minimum Gasteiger partial charge on any atom is -0.351 e. The summed E-state index contributed by atoms with van der Waals surface area (Å²) in [7, 11) is 0. The summed E-state index contributed by atoms with van der Waals surface area (Å²) in [6.45, 7) is 2.81. The normalized spacial score (nSPS) is 11.2. The Labute approximate surface area is 740 Å². The third kappa shape index (κ3) is 15.6. The second-order valence-electron chi connectivity index (χ2n) is 30.9. The molecular formula is C113H76F2IrN8O2+. The Morgan fingerprint density at radius 2 is 0.548 bits per heavy atom. The molecule has 0 bridgehead atoms. The van der Waals surface area contributed by atoms with Crippen molar-refractivity contribution in [1.29, 1.82) is 0 Å². The van der Waals surface area contributed by atoms with Crippen molar-refractivity contribution in [2.45, 2.75) is 20.3 Å². The first-order chi connectivity index (χ1) is 61.5. The maximum absolute atomic E-state index is 14.0. The van der Waals surface area contributed by atoms with Crippen molar-refractivity contribution >= 4 is 188 Å². The predicted octanol–water partition coefficient (Wildman–Crippen LogP) is 30.1. The average Bonchev–Trinajstić information content (AvgIpc) is 0.728. The molecule has 2 heterocycles. The van der Waals surface area contributed by atoms with Crippen LogP contribution in [-0.4, -0.2) is 31.5 Å². The number of hydrogen-bond donors (Lipinski definition) is 0. The van der Waals surface area contributed by atoms with Crippen LogP contribution in [0.3, 0.4) is 0 Å². The van der Waals surface area contributed by atoms with Crippen LogP contribution < -0.4 is 19.6 Å². The van der Waals surface area contributed by atoms with Crippen molar-refractivity contribution in [2.75, 3.05) is 19.6 Å². The Bertz CT molecular complexity index is 7400. The summed E-state index contributed by atoms with van der Waals surface area (Å²) >= 11 is 0. The Hall–Kier alpha value is -15.8. The van der Waals surface area contributed by atoms with E-state index >= 15 is 0 Å². The molecule has 0 radical (unpaired) electrons. The maximum atomic E-state index is 14.0. The number of anilines is 12. The number of Topliss-reactive ketones (excluding diaryl/α,β-unsaturated/α-hetero) is 2. The van der Waals surface area contributed by atoms with E-state index in [9.17, 15) is 18.4 Å². The Balaban J connectivity index is 0.000000152. The largest absolute Gasteiger partial charge is 3.00 e. The number of hydrogen-bond acceptors (Lipinski definition) is 10. The number of carbonyl (C=O) groups excluding carboxylic acids is 2. The summed E-state index contributed by atoms with van der Waals surface area (Å²) < 4.78 is 28.0. The van der Waals surface area contributed by atoms with Gasteiger partial charge in [-0.2, -0.15) is 0 Å². The number of halogens is 2. The molecule has 20 aromatic carbocycles. The zero-order valence-corrected chi connectivity index (χ0v) is 70.8. The van der Waals surface area contributed by atoms with Gasteiger partial charge in [0.1, 0.15) is 23.2 Å². The molecule has 126 heavy (non-hydrogen) atoms. The van der Waals surface area contributed by atoms with Crippen molar-refractivity contribution in [3.05, 3.63) is 437 Å². The molecule has 0 aliphatic rings. The fourth-order valence-corrected chi connectivity index (χ4v) is 17.3. The van der Waals surface area contributed by atoms with E-state index in [1.807, 2.05) is 24.3 Å². The van der Waals surface area contributed by atoms with E-state index in [1.165, 1.54) is 59.7 Å². The number of ketones is 2. The van der Waals surface area contributed by atoms with Gasteiger partial charge < -0.3 is 29.6 Å². The van der Waals surface area contributed by atoms with Crippen molar-refractivity contribution < 1.29 is 38.5 Å². The molecule has 0 unspecified atom stereocenters. The molecule has 0 atom stereocenters. The Morgan fingerprint density at radius 3 is 0.849 bits per heavy atom. The number of para-hydroxylation sites is 4. The zero-order valence-electron chi connectivity index (χ0n) is 68.5. The van der Waals surface area contributed by atoms with Gasteiger partial charge in [-0.15, -0.1) is 47.2 Å². The number of carbonyl (C=O) groups is 2. The minimum atomic E-state index is -0.293. The molecule has 22 rings (SSSR count). The van der Waals surface area contributed by atoms with E-state index in [-0.39, 0.29) is 49.7 Å². The van der Waals surface area contributed by atoms with Crippen LogP contribution in [0.15, 0.2) is 413 Å². The van der Waals surface area contributed by atoms with E-state index in [1.54, 1.807) is 36.7 Å². The van der Waals surface area contributed by atoms with Gasteiger partial charge >= 0.3 is 20.1 Å². The molecule has 0 spiro atoms. The molecule has 22 aromatic rings. The van der Waals surface area contributed by atoms with Gasteiger partial charge in [-0.1, -0.05) is 241 Å². The van der Waals surface area contributed by atoms with Gasteiger partial charge in [0.05, 0.1) is 40.2 Å². The third-order valence-electron chi connectivity index (χ3n) is 22.9. The van der Waals surface area contributed by atoms with Gasteiger partial charge in [0, 0.05) is 102 Å². The zero-order chi connectivity index (χ0) is 84.4. The van der Waals surface area contributed by atoms with Crippen LogP contribution in [0.4, 0.5) is 77.0 Å². The van der Waals surface area contributed by atoms with Crippen molar-refractivity contribution in [3.8, 4) is 22.5 Å². The van der Waals surface area contributed by atoms with Crippen LogP contribution in [0.2, 0.25) is 0 Å². The summed E-state index contributed by atoms with van der Waals surface area (Å²) in [5.41, 5.74) is 18.4. The number of rotatable bonds is 16. The maximum Gasteiger partial charge on any atom is 3.00 e. The number of fused-ring (bicyclic) bond motifs is 16. The number of aromatic nitrogens is 4. The second-order valence-corrected chi connectivity index (χ2v) is 30.9. The fraction of sp³-hybridized carbons (Fsp3) is 0.0265. The summed E-state index contributed by atoms with van der Waals surface area (Å²) in [5, 5.41) is 17.0. The summed E-state index contributed by atoms with van der Waals surface area (Å²) in [5.74, 6) is -0.710. The number of nitrogens with zero attached hydrogens (tertiary/aromatic N) is 8. The smallest absolute Gasteiger partial charge is 0.351 e. The van der Waals surface area contributed by atoms with Gasteiger partial charge in [-0.05, 0) is 214 Å². The summed E-state index contributed by atoms with van der Waals surface area (Å²) in [4.78, 5) is 50.0. The molecule has 2 aromatic heterocycles. The monoisotopic (exact) mass is 1810 g/mol. The van der Waals surface area contributed by atoms with Gasteiger partial charge in [0.15, 0.2) is 0 Å². The second kappa shape index (κ2) is 35.0. The topological polar surface area (TPSA) is 98.7 Å². The predicted molar refractivity (Wildman–Crippen MR) is 512 cm³/mol. The SMILES string of the molecule is CC(=O)CC(C)=O.Fc1ccc(-c2cnc3c4[c-]cc(N(c5ccccc5)c5cccc6ccccc56)cc4c4cc(N(c5ccccc5)c5cccc6ccccc56)ccc4c3n2)cc1.Fc1ccc(-c2cnc3c4[c-]cc(N(c5ccccc5)c5cccc6ccccc56)cc4c4cc(N(c5ccccc5)c5cccc6ccccc56)ccc4c3n2)cc1.[Ir+3]. The Kier molecular flexibility index (Phi) is 22.2. The van der Waals surface area contributed by atoms with Gasteiger partial charge in [-0.25, -0.2) is 8.78 Å². The molecular weight excluding hydrogens is 1730 g/mol. The molecule has 10 nitrogen and oxygen atoms in total. The van der Waals surface area contributed by atoms with Crippen molar-refractivity contribution in [1.82, 2.24) is 19.9 Å². The van der Waals surface area contributed by atoms with E-state index < -0.39 is 0 Å². The van der Waals surface area contributed by atoms with Gasteiger partial charge in [-0.3, -0.25) is 19.6 Å². The van der Waals surface area contributed by atoms with Gasteiger partial charge in [0.25, 0.3) is 0 Å². The summed E-state index contributed by atoms with van der Waals surface area (Å²) in [6, 6.07) is 144. The van der Waals surface area contributed by atoms with Crippen LogP contribution in [-0.2, 0) is 29.7 Å². The average molecular weight is 1810 g/mol. The standard InChI is InChI=1S/2C54H34FN4.C5H8O2.Ir/c2*55-39-27-25-38(26-28-39)50-35-56-53-46-31-29-42(58(40-17-3-1-4-18-40)51-23-11-15-36-13-7-9-21-44(36)51)33-48(46)49-34-43(30-32-47(49)54(53)57-50)59(41-19-5-2-6-20-41)52-24-12-16-37-14-8-10-22-45(37)52;1-4(6)3-5(2)7;/h2*1-30,32-35H;3H2,1-2H3;/q2*-1;;+3. The van der Waals surface area contributed by atoms with Crippen LogP contribution in [0.1, 0.15) is 20.3 Å². The van der Waals surface area contributed by atoms with E-state index in [4.69, 9.17) is 19.9 Å². The van der Waals surface area contributed by atoms with E-state index in [2.05, 4.69) is 359 Å². The minimum absolute atomic E-state index is 0. The first kappa shape index (κ1) is 80.0. The molecule has 0 aliphatic carbocycles. The quantitative estimate of drug-likeness (QED) is 0.0528. The fourth-order valence-electron chi connectivity index (χ4n) is 17.3. The molecule has 0 aliphatic heterocycles. The molecule has 0 fully saturated rings. The first-order valence-electron chi connectivity index (χ1n) is 41.5. The molecule has 602 valence electrons. The van der Waals surface area contributed by atoms with Crippen molar-refractivity contribution in [2.24, 2.45) is 0 Å². The van der Waals surface area contributed by atoms with Crippen LogP contribution in [0, 0.1) is 23.8 Å². The Morgan fingerprint density at radius 1 is 0.270 bits per heavy atom. The van der Waals surface area contributed by atoms with Crippen LogP contribution in [0.25, 0.3) is 131 Å². The molecule has 0 saturated heterocycles. The molecule has 0 amide bonds. The molecule has 0 saturated carbocycles. The van der Waals surface area contributed by atoms with Crippen LogP contribution in [0.5, 0.6) is 0 Å². The van der Waals surface area contributed by atoms with E-state index in [0.717, 1.165) is 166 Å². The van der Waals surface area contributed by atoms with Gasteiger partial charge in [0.2, 0.25) is 0 Å². The van der Waals surface area contributed by atoms with Crippen molar-refractivity contribution in [3.63, 3.8) is 0 Å². The third-order valence-corrected chi connectivity index (χ3v) is 22.9. The molecule has 13 heteroatoms. The van der Waals surface area contributed by atoms with Crippen LogP contribution >= 0.6 is 0 Å². The summed E-state index contributed by atoms with van der Waals surface area (Å²) in [6.07, 6.45) is 3.64. The first-order valence-corrected chi connectivity index (χ1v) is 41.5. The molecule has 0 N–H and O–H groups in total. The number of benzene rings is 20.